The lowest BCUT2D eigenvalue weighted by molar-refractivity contribution is -0.157. The van der Waals surface area contributed by atoms with E-state index < -0.39 is 23.9 Å². The lowest BCUT2D eigenvalue weighted by Gasteiger charge is -2.20. The van der Waals surface area contributed by atoms with Crippen molar-refractivity contribution < 1.29 is 19.1 Å². The minimum absolute atomic E-state index is 0.0549. The van der Waals surface area contributed by atoms with Crippen molar-refractivity contribution in [1.29, 1.82) is 0 Å². The number of carbonyl (C=O) groups is 3. The maximum absolute atomic E-state index is 12.5. The molecule has 2 heterocycles. The Morgan fingerprint density at radius 2 is 2.03 bits per heavy atom. The number of hydrogen-bond donors (Lipinski definition) is 1. The van der Waals surface area contributed by atoms with Crippen LogP contribution in [0, 0.1) is 19.8 Å². The van der Waals surface area contributed by atoms with Gasteiger partial charge in [-0.15, -0.1) is 0 Å². The number of hydrogen-bond acceptors (Lipinski definition) is 5. The summed E-state index contributed by atoms with van der Waals surface area (Å²) in [5, 5.41) is 3.00. The molecular formula is C21H22ClN3O4. The van der Waals surface area contributed by atoms with E-state index in [1.54, 1.807) is 17.0 Å². The first kappa shape index (κ1) is 20.8. The third-order valence-corrected chi connectivity index (χ3v) is 5.19. The lowest BCUT2D eigenvalue weighted by atomic mass is 10.1. The molecule has 0 aliphatic carbocycles. The average Bonchev–Trinajstić information content (AvgIpc) is 3.07. The zero-order chi connectivity index (χ0) is 21.1. The Hall–Kier alpha value is -2.93. The molecule has 152 valence electrons. The molecule has 2 aromatic rings. The Balaban J connectivity index is 1.60. The van der Waals surface area contributed by atoms with E-state index in [4.69, 9.17) is 16.3 Å². The summed E-state index contributed by atoms with van der Waals surface area (Å²) in [4.78, 5) is 42.8. The zero-order valence-corrected chi connectivity index (χ0v) is 17.2. The number of esters is 1. The predicted molar refractivity (Wildman–Crippen MR) is 110 cm³/mol. The first-order valence-electron chi connectivity index (χ1n) is 9.25. The third-order valence-electron chi connectivity index (χ3n) is 4.97. The molecule has 1 aliphatic rings. The summed E-state index contributed by atoms with van der Waals surface area (Å²) >= 11 is 5.76. The van der Waals surface area contributed by atoms with E-state index in [-0.39, 0.29) is 18.9 Å². The number of pyridine rings is 1. The van der Waals surface area contributed by atoms with Gasteiger partial charge in [0.2, 0.25) is 5.91 Å². The van der Waals surface area contributed by atoms with Gasteiger partial charge in [0, 0.05) is 24.8 Å². The van der Waals surface area contributed by atoms with Gasteiger partial charge in [0.15, 0.2) is 6.10 Å². The Labute approximate surface area is 174 Å². The fourth-order valence-corrected chi connectivity index (χ4v) is 3.24. The second-order valence-electron chi connectivity index (χ2n) is 7.05. The number of amides is 2. The molecule has 0 saturated carbocycles. The Morgan fingerprint density at radius 1 is 1.28 bits per heavy atom. The van der Waals surface area contributed by atoms with Gasteiger partial charge in [-0.3, -0.25) is 14.4 Å². The molecule has 1 aromatic heterocycles. The van der Waals surface area contributed by atoms with Gasteiger partial charge in [-0.1, -0.05) is 23.7 Å². The van der Waals surface area contributed by atoms with Gasteiger partial charge in [0.25, 0.3) is 5.91 Å². The average molecular weight is 416 g/mol. The van der Waals surface area contributed by atoms with Gasteiger partial charge in [0.1, 0.15) is 5.82 Å². The van der Waals surface area contributed by atoms with Crippen LogP contribution < -0.4 is 10.2 Å². The Kier molecular flexibility index (Phi) is 6.17. The van der Waals surface area contributed by atoms with E-state index >= 15 is 0 Å². The van der Waals surface area contributed by atoms with Crippen LogP contribution in [-0.4, -0.2) is 35.4 Å². The number of anilines is 2. The summed E-state index contributed by atoms with van der Waals surface area (Å²) in [7, 11) is 0. The number of rotatable bonds is 5. The van der Waals surface area contributed by atoms with Crippen LogP contribution in [0.3, 0.4) is 0 Å². The minimum atomic E-state index is -1.02. The largest absolute Gasteiger partial charge is 0.452 e. The molecule has 0 unspecified atom stereocenters. The Morgan fingerprint density at radius 3 is 2.72 bits per heavy atom. The second kappa shape index (κ2) is 8.61. The molecule has 1 aromatic carbocycles. The standard InChI is InChI=1S/C21H22ClN3O4/c1-12-5-4-6-17(13(12)2)25-11-15(9-19(25)26)21(28)29-14(3)20(27)24-18-8-7-16(22)10-23-18/h4-8,10,14-15H,9,11H2,1-3H3,(H,23,24,27)/t14-,15+/m1/s1. The molecule has 7 nitrogen and oxygen atoms in total. The fraction of sp³-hybridized carbons (Fsp3) is 0.333. The van der Waals surface area contributed by atoms with E-state index in [0.29, 0.717) is 10.8 Å². The van der Waals surface area contributed by atoms with Crippen LogP contribution in [0.2, 0.25) is 5.02 Å². The van der Waals surface area contributed by atoms with Crippen LogP contribution in [0.1, 0.15) is 24.5 Å². The third kappa shape index (κ3) is 4.74. The molecule has 2 atom stereocenters. The van der Waals surface area contributed by atoms with Crippen LogP contribution in [0.15, 0.2) is 36.5 Å². The molecule has 3 rings (SSSR count). The number of aromatic nitrogens is 1. The van der Waals surface area contributed by atoms with E-state index in [9.17, 15) is 14.4 Å². The molecule has 1 saturated heterocycles. The van der Waals surface area contributed by atoms with Gasteiger partial charge >= 0.3 is 5.97 Å². The van der Waals surface area contributed by atoms with Crippen molar-refractivity contribution in [1.82, 2.24) is 4.98 Å². The van der Waals surface area contributed by atoms with Crippen molar-refractivity contribution in [3.05, 3.63) is 52.7 Å². The lowest BCUT2D eigenvalue weighted by Crippen LogP contribution is -2.33. The van der Waals surface area contributed by atoms with E-state index in [1.807, 2.05) is 32.0 Å². The van der Waals surface area contributed by atoms with Gasteiger partial charge in [-0.2, -0.15) is 0 Å². The number of nitrogens with zero attached hydrogens (tertiary/aromatic N) is 2. The molecular weight excluding hydrogens is 394 g/mol. The highest BCUT2D eigenvalue weighted by Gasteiger charge is 2.37. The number of carbonyl (C=O) groups excluding carboxylic acids is 3. The summed E-state index contributed by atoms with van der Waals surface area (Å²) < 4.78 is 5.29. The van der Waals surface area contributed by atoms with Crippen LogP contribution in [-0.2, 0) is 19.1 Å². The molecule has 1 N–H and O–H groups in total. The van der Waals surface area contributed by atoms with Gasteiger partial charge in [-0.05, 0) is 50.1 Å². The predicted octanol–water partition coefficient (Wildman–Crippen LogP) is 3.28. The SMILES string of the molecule is Cc1cccc(N2C[C@@H](C(=O)O[C@H](C)C(=O)Nc3ccc(Cl)cn3)CC2=O)c1C. The summed E-state index contributed by atoms with van der Waals surface area (Å²) in [5.41, 5.74) is 2.87. The second-order valence-corrected chi connectivity index (χ2v) is 7.49. The molecule has 29 heavy (non-hydrogen) atoms. The maximum atomic E-state index is 12.5. The molecule has 8 heteroatoms. The quantitative estimate of drug-likeness (QED) is 0.757. The summed E-state index contributed by atoms with van der Waals surface area (Å²) in [5.74, 6) is -1.53. The van der Waals surface area contributed by atoms with Crippen LogP contribution in [0.4, 0.5) is 11.5 Å². The van der Waals surface area contributed by atoms with Gasteiger partial charge in [0.05, 0.1) is 10.9 Å². The molecule has 0 spiro atoms. The highest BCUT2D eigenvalue weighted by atomic mass is 35.5. The monoisotopic (exact) mass is 415 g/mol. The van der Waals surface area contributed by atoms with Crippen molar-refractivity contribution in [3.8, 4) is 0 Å². The fourth-order valence-electron chi connectivity index (χ4n) is 3.13. The van der Waals surface area contributed by atoms with Crippen molar-refractivity contribution in [2.75, 3.05) is 16.8 Å². The van der Waals surface area contributed by atoms with Crippen LogP contribution in [0.25, 0.3) is 0 Å². The normalized spacial score (nSPS) is 17.2. The maximum Gasteiger partial charge on any atom is 0.312 e. The summed E-state index contributed by atoms with van der Waals surface area (Å²) in [6, 6.07) is 8.86. The van der Waals surface area contributed by atoms with Crippen molar-refractivity contribution in [2.24, 2.45) is 5.92 Å². The number of nitrogens with one attached hydrogen (secondary N) is 1. The van der Waals surface area contributed by atoms with Crippen molar-refractivity contribution in [2.45, 2.75) is 33.3 Å². The number of benzene rings is 1. The van der Waals surface area contributed by atoms with Crippen LogP contribution in [0.5, 0.6) is 0 Å². The van der Waals surface area contributed by atoms with E-state index in [0.717, 1.165) is 16.8 Å². The van der Waals surface area contributed by atoms with Crippen molar-refractivity contribution in [3.63, 3.8) is 0 Å². The number of halogens is 1. The molecule has 1 aliphatic heterocycles. The molecule has 0 radical (unpaired) electrons. The zero-order valence-electron chi connectivity index (χ0n) is 16.4. The number of ether oxygens (including phenoxy) is 1. The van der Waals surface area contributed by atoms with Crippen molar-refractivity contribution >= 4 is 40.9 Å². The smallest absolute Gasteiger partial charge is 0.312 e. The highest BCUT2D eigenvalue weighted by molar-refractivity contribution is 6.30. The highest BCUT2D eigenvalue weighted by Crippen LogP contribution is 2.30. The first-order valence-corrected chi connectivity index (χ1v) is 9.63. The topological polar surface area (TPSA) is 88.6 Å². The molecule has 0 bridgehead atoms. The first-order chi connectivity index (χ1) is 13.8. The van der Waals surface area contributed by atoms with Gasteiger partial charge < -0.3 is 15.0 Å². The van der Waals surface area contributed by atoms with Crippen LogP contribution >= 0.6 is 11.6 Å². The molecule has 2 amide bonds. The number of aryl methyl sites for hydroxylation is 1. The minimum Gasteiger partial charge on any atom is -0.452 e. The van der Waals surface area contributed by atoms with E-state index in [2.05, 4.69) is 10.3 Å². The summed E-state index contributed by atoms with van der Waals surface area (Å²) in [6.07, 6.45) is 0.434. The molecule has 1 fully saturated rings. The van der Waals surface area contributed by atoms with Gasteiger partial charge in [-0.25, -0.2) is 4.98 Å². The summed E-state index contributed by atoms with van der Waals surface area (Å²) in [6.45, 7) is 5.62. The Bertz CT molecular complexity index is 945. The van der Waals surface area contributed by atoms with E-state index in [1.165, 1.54) is 13.1 Å².